The molecule has 0 aliphatic rings. The average molecular weight is 637 g/mol. The van der Waals surface area contributed by atoms with Gasteiger partial charge in [0.25, 0.3) is 0 Å². The second-order valence-electron chi connectivity index (χ2n) is 12.9. The van der Waals surface area contributed by atoms with Crippen LogP contribution in [0.2, 0.25) is 0 Å². The van der Waals surface area contributed by atoms with Crippen LogP contribution < -0.4 is 0 Å². The van der Waals surface area contributed by atoms with Crippen molar-refractivity contribution in [3.8, 4) is 44.8 Å². The molecular formula is C48H32N2. The molecule has 10 rings (SSSR count). The molecule has 0 amide bonds. The lowest BCUT2D eigenvalue weighted by Gasteiger charge is -2.14. The van der Waals surface area contributed by atoms with Crippen LogP contribution in [0.4, 0.5) is 0 Å². The van der Waals surface area contributed by atoms with E-state index in [4.69, 9.17) is 0 Å². The fraction of sp³-hybridized carbons (Fsp3) is 0. The number of rotatable bonds is 5. The van der Waals surface area contributed by atoms with E-state index in [1.807, 2.05) is 0 Å². The minimum absolute atomic E-state index is 1.16. The van der Waals surface area contributed by atoms with Gasteiger partial charge in [-0.25, -0.2) is 0 Å². The van der Waals surface area contributed by atoms with Gasteiger partial charge in [-0.2, -0.15) is 0 Å². The van der Waals surface area contributed by atoms with Crippen LogP contribution in [0.1, 0.15) is 0 Å². The summed E-state index contributed by atoms with van der Waals surface area (Å²) in [5.74, 6) is 0. The van der Waals surface area contributed by atoms with Crippen LogP contribution in [0.25, 0.3) is 88.4 Å². The van der Waals surface area contributed by atoms with Crippen molar-refractivity contribution >= 4 is 43.6 Å². The van der Waals surface area contributed by atoms with E-state index in [0.717, 1.165) is 11.4 Å². The van der Waals surface area contributed by atoms with Gasteiger partial charge in [0.15, 0.2) is 0 Å². The van der Waals surface area contributed by atoms with Crippen LogP contribution in [0.3, 0.4) is 0 Å². The molecule has 234 valence electrons. The lowest BCUT2D eigenvalue weighted by molar-refractivity contribution is 1.18. The van der Waals surface area contributed by atoms with Gasteiger partial charge < -0.3 is 9.13 Å². The molecule has 2 aromatic heterocycles. The maximum Gasteiger partial charge on any atom is 0.0619 e. The minimum atomic E-state index is 1.16. The number of aromatic nitrogens is 2. The molecule has 2 heterocycles. The second kappa shape index (κ2) is 11.5. The number of para-hydroxylation sites is 6. The Labute approximate surface area is 290 Å². The van der Waals surface area contributed by atoms with Gasteiger partial charge in [0, 0.05) is 44.0 Å². The lowest BCUT2D eigenvalue weighted by atomic mass is 9.94. The Morgan fingerprint density at radius 1 is 0.260 bits per heavy atom. The number of hydrogen-bond acceptors (Lipinski definition) is 0. The molecule has 2 nitrogen and oxygen atoms in total. The molecule has 0 aliphatic carbocycles. The van der Waals surface area contributed by atoms with E-state index in [-0.39, 0.29) is 0 Å². The van der Waals surface area contributed by atoms with Gasteiger partial charge in [-0.15, -0.1) is 0 Å². The van der Waals surface area contributed by atoms with E-state index in [9.17, 15) is 0 Å². The predicted molar refractivity (Wildman–Crippen MR) is 211 cm³/mol. The van der Waals surface area contributed by atoms with Crippen LogP contribution in [0, 0.1) is 0 Å². The molecule has 2 heteroatoms. The highest BCUT2D eigenvalue weighted by Gasteiger charge is 2.18. The largest absolute Gasteiger partial charge is 0.309 e. The highest BCUT2D eigenvalue weighted by atomic mass is 15.0. The monoisotopic (exact) mass is 636 g/mol. The quantitative estimate of drug-likeness (QED) is 0.178. The Hall–Kier alpha value is -6.64. The molecule has 0 saturated heterocycles. The Bertz CT molecular complexity index is 2660. The summed E-state index contributed by atoms with van der Waals surface area (Å²) in [6.45, 7) is 0. The van der Waals surface area contributed by atoms with Gasteiger partial charge in [-0.3, -0.25) is 0 Å². The topological polar surface area (TPSA) is 9.86 Å². The first-order valence-electron chi connectivity index (χ1n) is 17.2. The summed E-state index contributed by atoms with van der Waals surface area (Å²) in [7, 11) is 0. The minimum Gasteiger partial charge on any atom is -0.309 e. The summed E-state index contributed by atoms with van der Waals surface area (Å²) >= 11 is 0. The number of hydrogen-bond donors (Lipinski definition) is 0. The maximum atomic E-state index is 2.42. The molecule has 0 radical (unpaired) electrons. The molecule has 8 aromatic carbocycles. The average Bonchev–Trinajstić information content (AvgIpc) is 3.72. The summed E-state index contributed by atoms with van der Waals surface area (Å²) in [6, 6.07) is 70.3. The summed E-state index contributed by atoms with van der Waals surface area (Å²) in [5.41, 5.74) is 14.4. The Morgan fingerprint density at radius 2 is 0.620 bits per heavy atom. The molecular weight excluding hydrogens is 605 g/mol. The van der Waals surface area contributed by atoms with Crippen molar-refractivity contribution in [2.45, 2.75) is 0 Å². The Morgan fingerprint density at radius 3 is 1.08 bits per heavy atom. The first-order chi connectivity index (χ1) is 24.8. The van der Waals surface area contributed by atoms with E-state index in [2.05, 4.69) is 203 Å². The van der Waals surface area contributed by atoms with E-state index >= 15 is 0 Å². The highest BCUT2D eigenvalue weighted by molar-refractivity contribution is 6.15. The van der Waals surface area contributed by atoms with Crippen molar-refractivity contribution < 1.29 is 0 Å². The van der Waals surface area contributed by atoms with Crippen LogP contribution in [-0.4, -0.2) is 9.13 Å². The zero-order valence-electron chi connectivity index (χ0n) is 27.4. The molecule has 0 unspecified atom stereocenters. The molecule has 10 aromatic rings. The zero-order valence-corrected chi connectivity index (χ0v) is 27.4. The normalized spacial score (nSPS) is 11.6. The first-order valence-corrected chi connectivity index (χ1v) is 17.2. The number of nitrogens with zero attached hydrogens (tertiary/aromatic N) is 2. The summed E-state index contributed by atoms with van der Waals surface area (Å²) < 4.78 is 4.83. The van der Waals surface area contributed by atoms with Crippen molar-refractivity contribution in [1.29, 1.82) is 0 Å². The third-order valence-corrected chi connectivity index (χ3v) is 10.1. The zero-order chi connectivity index (χ0) is 33.0. The number of fused-ring (bicyclic) bond motifs is 6. The van der Waals surface area contributed by atoms with E-state index in [0.29, 0.717) is 0 Å². The summed E-state index contributed by atoms with van der Waals surface area (Å²) in [5, 5.41) is 5.05. The van der Waals surface area contributed by atoms with Crippen molar-refractivity contribution in [1.82, 2.24) is 9.13 Å². The molecule has 0 atom stereocenters. The summed E-state index contributed by atoms with van der Waals surface area (Å²) in [6.07, 6.45) is 0. The van der Waals surface area contributed by atoms with Gasteiger partial charge in [0.2, 0.25) is 0 Å². The maximum absolute atomic E-state index is 2.42. The van der Waals surface area contributed by atoms with Gasteiger partial charge in [-0.05, 0) is 70.8 Å². The van der Waals surface area contributed by atoms with Crippen LogP contribution in [0.15, 0.2) is 194 Å². The standard InChI is InChI=1S/C48H32N2/c1-3-19-37(20-4-1)49-45-29-9-7-23-41(45)43-27-13-25-39(47(43)49)35-17-11-15-33(31-35)34-16-12-18-36(32-34)40-26-14-28-44-42-24-8-10-30-46(42)50(48(40)44)38-21-5-2-6-22-38/h1-32H. The van der Waals surface area contributed by atoms with Crippen molar-refractivity contribution in [2.75, 3.05) is 0 Å². The molecule has 50 heavy (non-hydrogen) atoms. The van der Waals surface area contributed by atoms with Crippen LogP contribution in [0.5, 0.6) is 0 Å². The summed E-state index contributed by atoms with van der Waals surface area (Å²) in [4.78, 5) is 0. The lowest BCUT2D eigenvalue weighted by Crippen LogP contribution is -1.95. The van der Waals surface area contributed by atoms with Gasteiger partial charge >= 0.3 is 0 Å². The van der Waals surface area contributed by atoms with E-state index < -0.39 is 0 Å². The van der Waals surface area contributed by atoms with E-state index in [1.165, 1.54) is 77.0 Å². The van der Waals surface area contributed by atoms with Crippen molar-refractivity contribution in [3.63, 3.8) is 0 Å². The highest BCUT2D eigenvalue weighted by Crippen LogP contribution is 2.41. The van der Waals surface area contributed by atoms with Gasteiger partial charge in [0.05, 0.1) is 22.1 Å². The smallest absolute Gasteiger partial charge is 0.0619 e. The van der Waals surface area contributed by atoms with Crippen LogP contribution in [-0.2, 0) is 0 Å². The SMILES string of the molecule is c1ccc(-n2c3ccccc3c3cccc(-c4cccc(-c5cccc(-c6cccc7c8ccccc8n(-c8ccccc8)c67)c5)c4)c32)cc1. The third-order valence-electron chi connectivity index (χ3n) is 10.1. The van der Waals surface area contributed by atoms with E-state index in [1.54, 1.807) is 0 Å². The molecule has 0 saturated carbocycles. The predicted octanol–water partition coefficient (Wildman–Crippen LogP) is 12.9. The van der Waals surface area contributed by atoms with Crippen molar-refractivity contribution in [3.05, 3.63) is 194 Å². The molecule has 0 bridgehead atoms. The van der Waals surface area contributed by atoms with Gasteiger partial charge in [-0.1, -0.05) is 146 Å². The molecule has 0 N–H and O–H groups in total. The number of benzene rings is 8. The molecule has 0 spiro atoms. The van der Waals surface area contributed by atoms with Gasteiger partial charge in [0.1, 0.15) is 0 Å². The van der Waals surface area contributed by atoms with Crippen LogP contribution >= 0.6 is 0 Å². The fourth-order valence-corrected chi connectivity index (χ4v) is 7.93. The first kappa shape index (κ1) is 28.4. The fourth-order valence-electron chi connectivity index (χ4n) is 7.93. The second-order valence-corrected chi connectivity index (χ2v) is 12.9. The molecule has 0 aliphatic heterocycles. The Kier molecular flexibility index (Phi) is 6.53. The Balaban J connectivity index is 1.15. The van der Waals surface area contributed by atoms with Crippen molar-refractivity contribution in [2.24, 2.45) is 0 Å². The molecule has 0 fully saturated rings. The third kappa shape index (κ3) is 4.43.